The van der Waals surface area contributed by atoms with Crippen LogP contribution >= 0.6 is 11.8 Å². The fraction of sp³-hybridized carbons (Fsp3) is 0.111. The van der Waals surface area contributed by atoms with Crippen LogP contribution in [0.15, 0.2) is 64.4 Å². The number of furan rings is 1. The molecule has 0 radical (unpaired) electrons. The molecule has 1 N–H and O–H groups in total. The Labute approximate surface area is 165 Å². The molecule has 0 saturated carbocycles. The molecule has 4 aromatic rings. The van der Waals surface area contributed by atoms with Gasteiger partial charge >= 0.3 is 6.18 Å². The van der Waals surface area contributed by atoms with Gasteiger partial charge in [0, 0.05) is 0 Å². The van der Waals surface area contributed by atoms with Gasteiger partial charge in [-0.25, -0.2) is 0 Å². The number of hydrogen-bond donors (Lipinski definition) is 1. The second-order valence-corrected chi connectivity index (χ2v) is 6.77. The Balaban J connectivity index is 1.49. The maximum absolute atomic E-state index is 13.0. The summed E-state index contributed by atoms with van der Waals surface area (Å²) in [5.41, 5.74) is -0.190. The Morgan fingerprint density at radius 3 is 2.69 bits per heavy atom. The molecular weight excluding hydrogens is 407 g/mol. The first kappa shape index (κ1) is 19.0. The molecule has 3 heterocycles. The molecule has 1 amide bonds. The van der Waals surface area contributed by atoms with Crippen molar-refractivity contribution in [3.63, 3.8) is 0 Å². The molecule has 0 spiro atoms. The highest BCUT2D eigenvalue weighted by molar-refractivity contribution is 7.99. The molecule has 0 aliphatic heterocycles. The number of halogens is 3. The van der Waals surface area contributed by atoms with Crippen LogP contribution in [0.1, 0.15) is 5.56 Å². The third kappa shape index (κ3) is 4.09. The molecule has 0 bridgehead atoms. The SMILES string of the molecule is O=C(CSc1nnc2ccc(-c3ccco3)nn12)Nc1ccccc1C(F)(F)F. The van der Waals surface area contributed by atoms with Gasteiger partial charge in [-0.15, -0.1) is 10.2 Å². The molecule has 4 rings (SSSR count). The summed E-state index contributed by atoms with van der Waals surface area (Å²) in [6.45, 7) is 0. The Hall–Kier alpha value is -3.34. The van der Waals surface area contributed by atoms with Crippen LogP contribution in [0.5, 0.6) is 0 Å². The number of anilines is 1. The van der Waals surface area contributed by atoms with Crippen molar-refractivity contribution >= 4 is 29.0 Å². The minimum atomic E-state index is -4.56. The highest BCUT2D eigenvalue weighted by Crippen LogP contribution is 2.34. The molecule has 0 aliphatic carbocycles. The fourth-order valence-electron chi connectivity index (χ4n) is 2.57. The smallest absolute Gasteiger partial charge is 0.418 e. The molecular formula is C18H12F3N5O2S. The van der Waals surface area contributed by atoms with E-state index in [2.05, 4.69) is 20.6 Å². The predicted molar refractivity (Wildman–Crippen MR) is 99.3 cm³/mol. The van der Waals surface area contributed by atoms with Gasteiger partial charge in [-0.1, -0.05) is 23.9 Å². The average Bonchev–Trinajstić information content (AvgIpc) is 3.35. The van der Waals surface area contributed by atoms with E-state index in [1.165, 1.54) is 29.0 Å². The summed E-state index contributed by atoms with van der Waals surface area (Å²) in [7, 11) is 0. The van der Waals surface area contributed by atoms with Gasteiger partial charge in [-0.05, 0) is 36.4 Å². The van der Waals surface area contributed by atoms with Crippen LogP contribution in [0.25, 0.3) is 17.1 Å². The van der Waals surface area contributed by atoms with E-state index >= 15 is 0 Å². The number of aromatic nitrogens is 4. The quantitative estimate of drug-likeness (QED) is 0.490. The van der Waals surface area contributed by atoms with Crippen LogP contribution in [0, 0.1) is 0 Å². The van der Waals surface area contributed by atoms with Crippen molar-refractivity contribution < 1.29 is 22.4 Å². The molecule has 0 saturated heterocycles. The maximum atomic E-state index is 13.0. The van der Waals surface area contributed by atoms with E-state index in [0.29, 0.717) is 22.3 Å². The van der Waals surface area contributed by atoms with Gasteiger partial charge in [0.15, 0.2) is 11.4 Å². The number of nitrogens with zero attached hydrogens (tertiary/aromatic N) is 4. The highest BCUT2D eigenvalue weighted by Gasteiger charge is 2.33. The minimum absolute atomic E-state index is 0.167. The first-order valence-corrected chi connectivity index (χ1v) is 9.25. The van der Waals surface area contributed by atoms with Gasteiger partial charge in [0.05, 0.1) is 23.3 Å². The van der Waals surface area contributed by atoms with E-state index in [1.54, 1.807) is 24.3 Å². The van der Waals surface area contributed by atoms with Gasteiger partial charge in [0.2, 0.25) is 11.1 Å². The van der Waals surface area contributed by atoms with Gasteiger partial charge in [0.25, 0.3) is 0 Å². The molecule has 148 valence electrons. The summed E-state index contributed by atoms with van der Waals surface area (Å²) in [5.74, 6) is -0.219. The lowest BCUT2D eigenvalue weighted by Gasteiger charge is -2.13. The number of fused-ring (bicyclic) bond motifs is 1. The van der Waals surface area contributed by atoms with Crippen LogP contribution in [0.2, 0.25) is 0 Å². The van der Waals surface area contributed by atoms with Crippen LogP contribution in [0.3, 0.4) is 0 Å². The normalized spacial score (nSPS) is 11.7. The van der Waals surface area contributed by atoms with Crippen LogP contribution < -0.4 is 5.32 Å². The number of amides is 1. The van der Waals surface area contributed by atoms with E-state index in [1.807, 2.05) is 0 Å². The summed E-state index contributed by atoms with van der Waals surface area (Å²) in [6.07, 6.45) is -3.04. The number of carbonyl (C=O) groups excluding carboxylic acids is 1. The third-order valence-electron chi connectivity index (χ3n) is 3.85. The van der Waals surface area contributed by atoms with Gasteiger partial charge in [-0.2, -0.15) is 22.8 Å². The lowest BCUT2D eigenvalue weighted by atomic mass is 10.1. The van der Waals surface area contributed by atoms with E-state index in [0.717, 1.165) is 17.8 Å². The van der Waals surface area contributed by atoms with Crippen molar-refractivity contribution in [2.45, 2.75) is 11.3 Å². The number of benzene rings is 1. The van der Waals surface area contributed by atoms with Crippen molar-refractivity contribution in [1.82, 2.24) is 19.8 Å². The number of rotatable bonds is 5. The van der Waals surface area contributed by atoms with Crippen molar-refractivity contribution in [3.05, 3.63) is 60.4 Å². The molecule has 0 fully saturated rings. The van der Waals surface area contributed by atoms with E-state index in [9.17, 15) is 18.0 Å². The highest BCUT2D eigenvalue weighted by atomic mass is 32.2. The largest absolute Gasteiger partial charge is 0.463 e. The van der Waals surface area contributed by atoms with Crippen molar-refractivity contribution in [2.75, 3.05) is 11.1 Å². The molecule has 11 heteroatoms. The van der Waals surface area contributed by atoms with Crippen LogP contribution in [-0.2, 0) is 11.0 Å². The van der Waals surface area contributed by atoms with Gasteiger partial charge in [0.1, 0.15) is 5.69 Å². The Kier molecular flexibility index (Phi) is 4.97. The molecule has 0 atom stereocenters. The molecule has 29 heavy (non-hydrogen) atoms. The second-order valence-electron chi connectivity index (χ2n) is 5.83. The summed E-state index contributed by atoms with van der Waals surface area (Å²) in [5, 5.41) is 14.9. The lowest BCUT2D eigenvalue weighted by molar-refractivity contribution is -0.137. The zero-order chi connectivity index (χ0) is 20.4. The molecule has 0 aliphatic rings. The average molecular weight is 419 g/mol. The summed E-state index contributed by atoms with van der Waals surface area (Å²) < 4.78 is 45.9. The van der Waals surface area contributed by atoms with Crippen LogP contribution in [-0.4, -0.2) is 31.5 Å². The molecule has 1 aromatic carbocycles. The van der Waals surface area contributed by atoms with Crippen molar-refractivity contribution in [2.24, 2.45) is 0 Å². The summed E-state index contributed by atoms with van der Waals surface area (Å²) in [4.78, 5) is 12.2. The fourth-order valence-corrected chi connectivity index (χ4v) is 3.26. The minimum Gasteiger partial charge on any atom is -0.463 e. The Bertz CT molecular complexity index is 1160. The number of para-hydroxylation sites is 1. The second kappa shape index (κ2) is 7.59. The number of nitrogens with one attached hydrogen (secondary N) is 1. The number of hydrogen-bond acceptors (Lipinski definition) is 6. The predicted octanol–water partition coefficient (Wildman–Crippen LogP) is 4.13. The van der Waals surface area contributed by atoms with Gasteiger partial charge in [-0.3, -0.25) is 4.79 Å². The molecule has 7 nitrogen and oxygen atoms in total. The first-order valence-electron chi connectivity index (χ1n) is 8.27. The topological polar surface area (TPSA) is 85.3 Å². The monoisotopic (exact) mass is 419 g/mol. The number of carbonyl (C=O) groups is 1. The first-order chi connectivity index (χ1) is 13.9. The van der Waals surface area contributed by atoms with E-state index < -0.39 is 17.6 Å². The van der Waals surface area contributed by atoms with E-state index in [-0.39, 0.29) is 11.4 Å². The Morgan fingerprint density at radius 1 is 1.10 bits per heavy atom. The van der Waals surface area contributed by atoms with E-state index in [4.69, 9.17) is 4.42 Å². The van der Waals surface area contributed by atoms with Crippen molar-refractivity contribution in [3.8, 4) is 11.5 Å². The number of alkyl halides is 3. The summed E-state index contributed by atoms with van der Waals surface area (Å²) >= 11 is 1.01. The standard InChI is InChI=1S/C18H12F3N5O2S/c19-18(20,21)11-4-1-2-5-12(11)22-16(27)10-29-17-24-23-15-8-7-13(25-26(15)17)14-6-3-9-28-14/h1-9H,10H2,(H,22,27). The molecule has 0 unspecified atom stereocenters. The zero-order valence-corrected chi connectivity index (χ0v) is 15.4. The van der Waals surface area contributed by atoms with Crippen LogP contribution in [0.4, 0.5) is 18.9 Å². The zero-order valence-electron chi connectivity index (χ0n) is 14.6. The molecule has 3 aromatic heterocycles. The van der Waals surface area contributed by atoms with Crippen molar-refractivity contribution in [1.29, 1.82) is 0 Å². The van der Waals surface area contributed by atoms with Gasteiger partial charge < -0.3 is 9.73 Å². The number of thioether (sulfide) groups is 1. The third-order valence-corrected chi connectivity index (χ3v) is 4.77. The maximum Gasteiger partial charge on any atom is 0.418 e. The summed E-state index contributed by atoms with van der Waals surface area (Å²) in [6, 6.07) is 11.7. The lowest BCUT2D eigenvalue weighted by Crippen LogP contribution is -2.18. The Morgan fingerprint density at radius 2 is 1.93 bits per heavy atom.